The molecule has 0 saturated heterocycles. The Morgan fingerprint density at radius 2 is 1.09 bits per heavy atom. The Labute approximate surface area is 309 Å². The SMILES string of the molecule is CC1(C)c2ccccc2-c2cc3c4ccccc4n(-c4nc(-c5ccccc5)c5c(n4)[Si](c4ccccc4)(c4ccccc4)c4ccccc4-5)c3cc21. The highest BCUT2D eigenvalue weighted by Crippen LogP contribution is 2.51. The molecule has 2 aliphatic rings. The molecule has 250 valence electrons. The van der Waals surface area contributed by atoms with Crippen LogP contribution in [0.15, 0.2) is 176 Å². The van der Waals surface area contributed by atoms with Gasteiger partial charge in [0.2, 0.25) is 14.0 Å². The van der Waals surface area contributed by atoms with E-state index in [1.807, 2.05) is 0 Å². The lowest BCUT2D eigenvalue weighted by Gasteiger charge is -2.30. The molecule has 3 nitrogen and oxygen atoms in total. The first kappa shape index (κ1) is 30.3. The second-order valence-corrected chi connectivity index (χ2v) is 18.6. The van der Waals surface area contributed by atoms with Crippen LogP contribution in [0.1, 0.15) is 25.0 Å². The third kappa shape index (κ3) is 4.04. The number of benzene rings is 7. The van der Waals surface area contributed by atoms with E-state index >= 15 is 0 Å². The fourth-order valence-corrected chi connectivity index (χ4v) is 14.5. The number of hydrogen-bond acceptors (Lipinski definition) is 2. The molecule has 0 unspecified atom stereocenters. The normalized spacial score (nSPS) is 14.5. The largest absolute Gasteiger partial charge is 0.278 e. The van der Waals surface area contributed by atoms with Gasteiger partial charge in [0, 0.05) is 27.3 Å². The minimum Gasteiger partial charge on any atom is -0.278 e. The van der Waals surface area contributed by atoms with Crippen LogP contribution in [0.3, 0.4) is 0 Å². The Balaban J connectivity index is 1.30. The second kappa shape index (κ2) is 11.1. The van der Waals surface area contributed by atoms with E-state index in [0.29, 0.717) is 5.95 Å². The highest BCUT2D eigenvalue weighted by Gasteiger charge is 2.51. The average Bonchev–Trinajstić information content (AvgIpc) is 3.79. The van der Waals surface area contributed by atoms with Gasteiger partial charge in [0.25, 0.3) is 0 Å². The molecule has 7 aromatic carbocycles. The van der Waals surface area contributed by atoms with Crippen molar-refractivity contribution in [3.8, 4) is 39.5 Å². The van der Waals surface area contributed by atoms with Crippen molar-refractivity contribution in [3.63, 3.8) is 0 Å². The maximum absolute atomic E-state index is 5.89. The molecule has 2 aromatic heterocycles. The first-order valence-corrected chi connectivity index (χ1v) is 20.4. The number of aromatic nitrogens is 3. The smallest absolute Gasteiger partial charge is 0.235 e. The van der Waals surface area contributed by atoms with Gasteiger partial charge in [-0.1, -0.05) is 172 Å². The monoisotopic (exact) mass is 693 g/mol. The Bertz CT molecular complexity index is 2870. The van der Waals surface area contributed by atoms with E-state index in [-0.39, 0.29) is 5.41 Å². The maximum atomic E-state index is 5.89. The van der Waals surface area contributed by atoms with E-state index in [1.54, 1.807) is 0 Å². The molecule has 0 N–H and O–H groups in total. The summed E-state index contributed by atoms with van der Waals surface area (Å²) < 4.78 is 2.34. The lowest BCUT2D eigenvalue weighted by Crippen LogP contribution is -2.73. The first-order valence-electron chi connectivity index (χ1n) is 18.4. The summed E-state index contributed by atoms with van der Waals surface area (Å²) in [4.78, 5) is 11.5. The molecule has 4 heteroatoms. The van der Waals surface area contributed by atoms with E-state index in [0.717, 1.165) is 33.2 Å². The lowest BCUT2D eigenvalue weighted by molar-refractivity contribution is 0.661. The van der Waals surface area contributed by atoms with E-state index in [9.17, 15) is 0 Å². The van der Waals surface area contributed by atoms with Crippen LogP contribution in [0.5, 0.6) is 0 Å². The molecule has 1 aliphatic heterocycles. The average molecular weight is 694 g/mol. The van der Waals surface area contributed by atoms with Crippen molar-refractivity contribution in [2.45, 2.75) is 19.3 Å². The standard InChI is InChI=1S/C49H35N3Si/c1-49(2)40-27-15-12-24-35(40)38-30-39-36-25-13-16-28-42(36)52(43(39)31-41(38)49)48-50-46(32-18-6-3-7-19-32)45-37-26-14-17-29-44(37)53(47(45)51-48,33-20-8-4-9-21-33)34-22-10-5-11-23-34/h3-31H,1-2H3. The molecule has 0 bridgehead atoms. The molecule has 3 heterocycles. The lowest BCUT2D eigenvalue weighted by atomic mass is 9.82. The van der Waals surface area contributed by atoms with Crippen LogP contribution in [-0.2, 0) is 5.41 Å². The van der Waals surface area contributed by atoms with Gasteiger partial charge in [-0.3, -0.25) is 4.57 Å². The number of hydrogen-bond donors (Lipinski definition) is 0. The molecule has 0 spiro atoms. The highest BCUT2D eigenvalue weighted by molar-refractivity contribution is 7.21. The second-order valence-electron chi connectivity index (χ2n) is 14.9. The van der Waals surface area contributed by atoms with Gasteiger partial charge in [-0.05, 0) is 61.6 Å². The zero-order valence-electron chi connectivity index (χ0n) is 29.6. The maximum Gasteiger partial charge on any atom is 0.235 e. The molecule has 0 amide bonds. The van der Waals surface area contributed by atoms with Gasteiger partial charge in [-0.25, -0.2) is 9.97 Å². The minimum atomic E-state index is -2.92. The van der Waals surface area contributed by atoms with E-state index < -0.39 is 8.07 Å². The summed E-state index contributed by atoms with van der Waals surface area (Å²) in [6.45, 7) is 4.71. The van der Waals surface area contributed by atoms with Crippen molar-refractivity contribution in [1.82, 2.24) is 14.5 Å². The Morgan fingerprint density at radius 1 is 0.491 bits per heavy atom. The molecular weight excluding hydrogens is 659 g/mol. The van der Waals surface area contributed by atoms with Gasteiger partial charge >= 0.3 is 0 Å². The topological polar surface area (TPSA) is 30.7 Å². The van der Waals surface area contributed by atoms with Crippen molar-refractivity contribution < 1.29 is 0 Å². The third-order valence-corrected chi connectivity index (χ3v) is 16.6. The van der Waals surface area contributed by atoms with E-state index in [1.165, 1.54) is 54.1 Å². The third-order valence-electron chi connectivity index (χ3n) is 11.9. The van der Waals surface area contributed by atoms with Gasteiger partial charge in [0.05, 0.1) is 22.0 Å². The molecule has 9 aromatic rings. The molecule has 53 heavy (non-hydrogen) atoms. The van der Waals surface area contributed by atoms with Crippen molar-refractivity contribution in [2.75, 3.05) is 0 Å². The Kier molecular flexibility index (Phi) is 6.32. The number of fused-ring (bicyclic) bond motifs is 9. The fraction of sp³-hybridized carbons (Fsp3) is 0.0612. The van der Waals surface area contributed by atoms with E-state index in [2.05, 4.69) is 194 Å². The molecule has 11 rings (SSSR count). The number of para-hydroxylation sites is 1. The summed E-state index contributed by atoms with van der Waals surface area (Å²) in [5, 5.41) is 7.56. The van der Waals surface area contributed by atoms with Crippen molar-refractivity contribution >= 4 is 50.8 Å². The molecule has 0 saturated carbocycles. The quantitative estimate of drug-likeness (QED) is 0.173. The van der Waals surface area contributed by atoms with Crippen LogP contribution in [0.25, 0.3) is 61.3 Å². The predicted molar refractivity (Wildman–Crippen MR) is 222 cm³/mol. The summed E-state index contributed by atoms with van der Waals surface area (Å²) >= 11 is 0. The summed E-state index contributed by atoms with van der Waals surface area (Å²) in [5.74, 6) is 0.707. The van der Waals surface area contributed by atoms with Crippen LogP contribution in [0.4, 0.5) is 0 Å². The molecule has 0 fully saturated rings. The van der Waals surface area contributed by atoms with Gasteiger partial charge in [-0.2, -0.15) is 0 Å². The van der Waals surface area contributed by atoms with Gasteiger partial charge in [0.15, 0.2) is 0 Å². The van der Waals surface area contributed by atoms with Gasteiger partial charge in [-0.15, -0.1) is 0 Å². The number of nitrogens with zero attached hydrogens (tertiary/aromatic N) is 3. The van der Waals surface area contributed by atoms with Crippen molar-refractivity contribution in [3.05, 3.63) is 187 Å². The van der Waals surface area contributed by atoms with Crippen LogP contribution < -0.4 is 20.9 Å². The summed E-state index contributed by atoms with van der Waals surface area (Å²) in [7, 11) is -2.92. The van der Waals surface area contributed by atoms with Crippen LogP contribution >= 0.6 is 0 Å². The summed E-state index contributed by atoms with van der Waals surface area (Å²) in [5.41, 5.74) is 11.9. The van der Waals surface area contributed by atoms with Crippen LogP contribution in [-0.4, -0.2) is 22.6 Å². The molecule has 0 radical (unpaired) electrons. The van der Waals surface area contributed by atoms with Crippen molar-refractivity contribution in [2.24, 2.45) is 0 Å². The van der Waals surface area contributed by atoms with Gasteiger partial charge in [0.1, 0.15) is 0 Å². The zero-order valence-corrected chi connectivity index (χ0v) is 30.6. The van der Waals surface area contributed by atoms with Crippen molar-refractivity contribution in [1.29, 1.82) is 0 Å². The Hall–Kier alpha value is -6.36. The highest BCUT2D eigenvalue weighted by atomic mass is 28.3. The summed E-state index contributed by atoms with van der Waals surface area (Å²) in [6.07, 6.45) is 0. The van der Waals surface area contributed by atoms with Gasteiger partial charge < -0.3 is 0 Å². The minimum absolute atomic E-state index is 0.139. The molecular formula is C49H35N3Si. The zero-order chi connectivity index (χ0) is 35.3. The van der Waals surface area contributed by atoms with Crippen LogP contribution in [0, 0.1) is 0 Å². The fourth-order valence-electron chi connectivity index (χ4n) is 9.54. The molecule has 1 aliphatic carbocycles. The predicted octanol–water partition coefficient (Wildman–Crippen LogP) is 8.90. The molecule has 0 atom stereocenters. The first-order chi connectivity index (χ1) is 26.1. The van der Waals surface area contributed by atoms with Crippen LogP contribution in [0.2, 0.25) is 0 Å². The van der Waals surface area contributed by atoms with E-state index in [4.69, 9.17) is 9.97 Å². The summed E-state index contributed by atoms with van der Waals surface area (Å²) in [6, 6.07) is 64.5. The Morgan fingerprint density at radius 3 is 1.83 bits per heavy atom. The number of rotatable bonds is 4.